The molecule has 37 heavy (non-hydrogen) atoms. The highest BCUT2D eigenvalue weighted by Gasteiger charge is 2.25. The Hall–Kier alpha value is -2.54. The second-order valence-corrected chi connectivity index (χ2v) is 13.4. The van der Waals surface area contributed by atoms with E-state index < -0.39 is 50.0 Å². The van der Waals surface area contributed by atoms with Crippen LogP contribution in [0.25, 0.3) is 12.2 Å². The fraction of sp³-hybridized carbons (Fsp3) is 0.320. The molecule has 2 aromatic rings. The molecule has 0 spiro atoms. The van der Waals surface area contributed by atoms with Crippen LogP contribution in [-0.4, -0.2) is 52.0 Å². The molecule has 0 saturated carbocycles. The van der Waals surface area contributed by atoms with Crippen LogP contribution in [0.15, 0.2) is 60.7 Å². The minimum absolute atomic E-state index is 0.00139. The smallest absolute Gasteiger partial charge is 0.262 e. The maximum absolute atomic E-state index is 12.4. The summed E-state index contributed by atoms with van der Waals surface area (Å²) in [7, 11) is -7.92. The van der Waals surface area contributed by atoms with Gasteiger partial charge >= 0.3 is 0 Å². The van der Waals surface area contributed by atoms with Crippen molar-refractivity contribution in [1.82, 2.24) is 14.9 Å². The lowest BCUT2D eigenvalue weighted by atomic mass is 9.87. The van der Waals surface area contributed by atoms with E-state index in [0.29, 0.717) is 5.02 Å². The summed E-state index contributed by atoms with van der Waals surface area (Å²) in [5, 5.41) is 9.51. The van der Waals surface area contributed by atoms with E-state index >= 15 is 0 Å². The van der Waals surface area contributed by atoms with Crippen molar-refractivity contribution in [1.29, 1.82) is 0 Å². The molecule has 1 atom stereocenters. The largest absolute Gasteiger partial charge is 0.289 e. The van der Waals surface area contributed by atoms with E-state index in [0.717, 1.165) is 16.7 Å². The number of halogens is 1. The third-order valence-electron chi connectivity index (χ3n) is 5.15. The van der Waals surface area contributed by atoms with Gasteiger partial charge < -0.3 is 0 Å². The van der Waals surface area contributed by atoms with Crippen LogP contribution in [0.2, 0.25) is 5.02 Å². The molecule has 4 N–H and O–H groups in total. The molecule has 1 amide bonds. The molecule has 0 aliphatic rings. The van der Waals surface area contributed by atoms with Gasteiger partial charge in [0.1, 0.15) is 6.04 Å². The first kappa shape index (κ1) is 30.7. The van der Waals surface area contributed by atoms with Gasteiger partial charge in [0.2, 0.25) is 20.0 Å². The predicted molar refractivity (Wildman–Crippen MR) is 147 cm³/mol. The Morgan fingerprint density at radius 2 is 1.38 bits per heavy atom. The third kappa shape index (κ3) is 11.2. The maximum Gasteiger partial charge on any atom is 0.262 e. The Balaban J connectivity index is 1.95. The molecule has 2 aromatic carbocycles. The molecule has 202 valence electrons. The lowest BCUT2D eigenvalue weighted by Crippen LogP contribution is -2.52. The van der Waals surface area contributed by atoms with Crippen molar-refractivity contribution < 1.29 is 26.8 Å². The van der Waals surface area contributed by atoms with Gasteiger partial charge in [0.05, 0.1) is 11.5 Å². The van der Waals surface area contributed by atoms with Gasteiger partial charge in [-0.3, -0.25) is 10.0 Å². The first-order valence-corrected chi connectivity index (χ1v) is 15.0. The van der Waals surface area contributed by atoms with Crippen molar-refractivity contribution in [2.24, 2.45) is 0 Å². The van der Waals surface area contributed by atoms with Gasteiger partial charge in [0, 0.05) is 11.6 Å². The zero-order valence-corrected chi connectivity index (χ0v) is 23.2. The topological polar surface area (TPSA) is 142 Å². The zero-order chi connectivity index (χ0) is 27.7. The fourth-order valence-corrected chi connectivity index (χ4v) is 5.17. The van der Waals surface area contributed by atoms with Crippen LogP contribution >= 0.6 is 11.6 Å². The number of carbonyl (C=O) groups excluding carboxylic acids is 1. The molecule has 0 heterocycles. The van der Waals surface area contributed by atoms with Crippen LogP contribution in [0, 0.1) is 0 Å². The average Bonchev–Trinajstić information content (AvgIpc) is 2.82. The maximum atomic E-state index is 12.4. The first-order valence-electron chi connectivity index (χ1n) is 11.3. The van der Waals surface area contributed by atoms with Gasteiger partial charge in [-0.25, -0.2) is 31.8 Å². The highest BCUT2D eigenvalue weighted by Crippen LogP contribution is 2.22. The Labute approximate surface area is 223 Å². The van der Waals surface area contributed by atoms with E-state index in [4.69, 9.17) is 16.8 Å². The number of carbonyl (C=O) groups is 1. The molecule has 2 rings (SSSR count). The molecule has 9 nitrogen and oxygen atoms in total. The van der Waals surface area contributed by atoms with E-state index in [2.05, 4.69) is 30.2 Å². The third-order valence-corrected chi connectivity index (χ3v) is 7.92. The number of sulfonamides is 2. The number of hydrogen-bond donors (Lipinski definition) is 4. The number of hydroxylamine groups is 1. The number of benzene rings is 2. The van der Waals surface area contributed by atoms with Gasteiger partial charge in [-0.1, -0.05) is 93.1 Å². The highest BCUT2D eigenvalue weighted by molar-refractivity contribution is 7.90. The summed E-state index contributed by atoms with van der Waals surface area (Å²) in [4.78, 5) is 12.0. The van der Waals surface area contributed by atoms with Crippen molar-refractivity contribution in [3.8, 4) is 0 Å². The van der Waals surface area contributed by atoms with Crippen LogP contribution < -0.4 is 14.9 Å². The molecule has 0 saturated heterocycles. The lowest BCUT2D eigenvalue weighted by molar-refractivity contribution is -0.130. The lowest BCUT2D eigenvalue weighted by Gasteiger charge is -2.18. The molecule has 0 fully saturated rings. The van der Waals surface area contributed by atoms with Gasteiger partial charge in [-0.05, 0) is 34.2 Å². The summed E-state index contributed by atoms with van der Waals surface area (Å²) in [6.45, 7) is 5.69. The van der Waals surface area contributed by atoms with Gasteiger partial charge in [0.25, 0.3) is 5.91 Å². The normalized spacial score (nSPS) is 13.8. The van der Waals surface area contributed by atoms with Crippen LogP contribution in [0.3, 0.4) is 0 Å². The summed E-state index contributed by atoms with van der Waals surface area (Å²) in [5.74, 6) is -1.98. The van der Waals surface area contributed by atoms with Crippen LogP contribution in [0.1, 0.15) is 37.5 Å². The van der Waals surface area contributed by atoms with Crippen molar-refractivity contribution in [3.05, 3.63) is 82.4 Å². The van der Waals surface area contributed by atoms with Crippen molar-refractivity contribution in [3.63, 3.8) is 0 Å². The van der Waals surface area contributed by atoms with E-state index in [1.54, 1.807) is 36.4 Å². The summed E-state index contributed by atoms with van der Waals surface area (Å²) < 4.78 is 53.9. The van der Waals surface area contributed by atoms with E-state index in [9.17, 15) is 21.6 Å². The molecule has 0 aliphatic heterocycles. The zero-order valence-electron chi connectivity index (χ0n) is 20.8. The number of nitrogens with one attached hydrogen (secondary N) is 3. The fourth-order valence-electron chi connectivity index (χ4n) is 3.09. The molecule has 1 unspecified atom stereocenters. The first-order chi connectivity index (χ1) is 17.2. The molecule has 0 radical (unpaired) electrons. The Bertz CT molecular complexity index is 1320. The molecule has 0 bridgehead atoms. The van der Waals surface area contributed by atoms with Gasteiger partial charge in [-0.2, -0.15) is 0 Å². The molecular weight excluding hydrogens is 538 g/mol. The Kier molecular flexibility index (Phi) is 11.0. The van der Waals surface area contributed by atoms with Gasteiger partial charge in [-0.15, -0.1) is 0 Å². The van der Waals surface area contributed by atoms with Crippen molar-refractivity contribution in [2.45, 2.75) is 32.2 Å². The standard InChI is InChI=1S/C25H32ClN3O6S2/c1-25(2,3)21-12-8-19(9-13-21)6-4-16-36(32,33)27-18-23(24(30)28-31)29-37(34,35)17-5-7-20-10-14-22(26)15-11-20/h4-15,23,27,29,31H,16-18H2,1-3H3,(H,28,30). The average molecular weight is 570 g/mol. The van der Waals surface area contributed by atoms with E-state index in [-0.39, 0.29) is 5.41 Å². The Morgan fingerprint density at radius 1 is 0.892 bits per heavy atom. The van der Waals surface area contributed by atoms with Crippen molar-refractivity contribution in [2.75, 3.05) is 18.1 Å². The van der Waals surface area contributed by atoms with Crippen LogP contribution in [0.4, 0.5) is 0 Å². The quantitative estimate of drug-likeness (QED) is 0.229. The Morgan fingerprint density at radius 3 is 1.86 bits per heavy atom. The molecular formula is C25H32ClN3O6S2. The second-order valence-electron chi connectivity index (χ2n) is 9.29. The number of hydrogen-bond acceptors (Lipinski definition) is 6. The summed E-state index contributed by atoms with van der Waals surface area (Å²) in [6, 6.07) is 12.9. The monoisotopic (exact) mass is 569 g/mol. The minimum Gasteiger partial charge on any atom is -0.289 e. The molecule has 0 aliphatic carbocycles. The second kappa shape index (κ2) is 13.3. The molecule has 0 aromatic heterocycles. The SMILES string of the molecule is CC(C)(C)c1ccc(C=CCS(=O)(=O)NCC(NS(=O)(=O)CC=Cc2ccc(Cl)cc2)C(=O)NO)cc1. The van der Waals surface area contributed by atoms with Crippen LogP contribution in [0.5, 0.6) is 0 Å². The van der Waals surface area contributed by atoms with E-state index in [1.165, 1.54) is 17.6 Å². The summed E-state index contributed by atoms with van der Waals surface area (Å²) >= 11 is 5.81. The van der Waals surface area contributed by atoms with E-state index in [1.807, 2.05) is 24.3 Å². The molecule has 12 heteroatoms. The number of amides is 1. The summed E-state index contributed by atoms with van der Waals surface area (Å²) in [6.07, 6.45) is 6.02. The van der Waals surface area contributed by atoms with Crippen molar-refractivity contribution >= 4 is 49.7 Å². The number of rotatable bonds is 12. The predicted octanol–water partition coefficient (Wildman–Crippen LogP) is 3.08. The van der Waals surface area contributed by atoms with Gasteiger partial charge in [0.15, 0.2) is 0 Å². The van der Waals surface area contributed by atoms with Crippen LogP contribution in [-0.2, 0) is 30.3 Å². The minimum atomic E-state index is -4.03. The highest BCUT2D eigenvalue weighted by atomic mass is 35.5. The summed E-state index contributed by atoms with van der Waals surface area (Å²) in [5.41, 5.74) is 4.03.